The lowest BCUT2D eigenvalue weighted by Gasteiger charge is -2.43. The average molecular weight is 337 g/mol. The van der Waals surface area contributed by atoms with E-state index in [-0.39, 0.29) is 17.7 Å². The molecule has 1 saturated heterocycles. The summed E-state index contributed by atoms with van der Waals surface area (Å²) in [6.07, 6.45) is 2.53. The normalized spacial score (nSPS) is 25.7. The second kappa shape index (κ2) is 6.41. The summed E-state index contributed by atoms with van der Waals surface area (Å²) in [4.78, 5) is 26.6. The van der Waals surface area contributed by atoms with Gasteiger partial charge in [-0.15, -0.1) is 0 Å². The third kappa shape index (κ3) is 2.97. The monoisotopic (exact) mass is 337 g/mol. The SMILES string of the molecule is CNC(=O)C1(Nc2ccnn2C)CCN(C(=O)C2CC(F)C2)CC1. The molecule has 2 amide bonds. The van der Waals surface area contributed by atoms with Crippen molar-refractivity contribution in [3.05, 3.63) is 12.3 Å². The van der Waals surface area contributed by atoms with Gasteiger partial charge in [-0.05, 0) is 25.7 Å². The Balaban J connectivity index is 1.68. The summed E-state index contributed by atoms with van der Waals surface area (Å²) in [6.45, 7) is 0.981. The minimum absolute atomic E-state index is 0.0231. The molecule has 1 aromatic heterocycles. The topological polar surface area (TPSA) is 79.3 Å². The number of rotatable bonds is 4. The molecule has 8 heteroatoms. The highest BCUT2D eigenvalue weighted by atomic mass is 19.1. The maximum Gasteiger partial charge on any atom is 0.245 e. The minimum Gasteiger partial charge on any atom is -0.357 e. The van der Waals surface area contributed by atoms with Gasteiger partial charge in [0.15, 0.2) is 0 Å². The number of carbonyl (C=O) groups is 2. The van der Waals surface area contributed by atoms with Crippen molar-refractivity contribution in [3.63, 3.8) is 0 Å². The fourth-order valence-corrected chi connectivity index (χ4v) is 3.51. The quantitative estimate of drug-likeness (QED) is 0.847. The highest BCUT2D eigenvalue weighted by Gasteiger charge is 2.44. The molecular weight excluding hydrogens is 313 g/mol. The van der Waals surface area contributed by atoms with E-state index in [0.29, 0.717) is 38.8 Å². The number of alkyl halides is 1. The van der Waals surface area contributed by atoms with Crippen LogP contribution >= 0.6 is 0 Å². The molecule has 0 atom stereocenters. The number of anilines is 1. The van der Waals surface area contributed by atoms with Crippen molar-refractivity contribution in [3.8, 4) is 0 Å². The lowest BCUT2D eigenvalue weighted by atomic mass is 9.80. The second-order valence-electron chi connectivity index (χ2n) is 6.72. The van der Waals surface area contributed by atoms with E-state index >= 15 is 0 Å². The number of hydrogen-bond donors (Lipinski definition) is 2. The summed E-state index contributed by atoms with van der Waals surface area (Å²) in [6, 6.07) is 1.82. The molecule has 7 nitrogen and oxygen atoms in total. The van der Waals surface area contributed by atoms with Crippen LogP contribution in [0.1, 0.15) is 25.7 Å². The van der Waals surface area contributed by atoms with Crippen molar-refractivity contribution >= 4 is 17.6 Å². The summed E-state index contributed by atoms with van der Waals surface area (Å²) >= 11 is 0. The molecular formula is C16H24FN5O2. The van der Waals surface area contributed by atoms with Crippen LogP contribution in [0.15, 0.2) is 12.3 Å². The number of aryl methyl sites for hydroxylation is 1. The molecule has 2 aliphatic rings. The second-order valence-corrected chi connectivity index (χ2v) is 6.72. The van der Waals surface area contributed by atoms with Crippen LogP contribution in [0, 0.1) is 5.92 Å². The number of carbonyl (C=O) groups excluding carboxylic acids is 2. The van der Waals surface area contributed by atoms with Crippen molar-refractivity contribution in [2.24, 2.45) is 13.0 Å². The van der Waals surface area contributed by atoms with Crippen molar-refractivity contribution in [1.82, 2.24) is 20.0 Å². The summed E-state index contributed by atoms with van der Waals surface area (Å²) in [5, 5.41) is 10.1. The number of aromatic nitrogens is 2. The molecule has 2 heterocycles. The van der Waals surface area contributed by atoms with Gasteiger partial charge in [-0.3, -0.25) is 14.3 Å². The molecule has 1 aliphatic carbocycles. The van der Waals surface area contributed by atoms with Crippen LogP contribution in [-0.4, -0.2) is 58.3 Å². The van der Waals surface area contributed by atoms with E-state index in [1.807, 2.05) is 13.1 Å². The van der Waals surface area contributed by atoms with E-state index in [9.17, 15) is 14.0 Å². The zero-order valence-corrected chi connectivity index (χ0v) is 14.1. The Morgan fingerprint density at radius 1 is 1.33 bits per heavy atom. The third-order valence-electron chi connectivity index (χ3n) is 5.21. The zero-order valence-electron chi connectivity index (χ0n) is 14.1. The smallest absolute Gasteiger partial charge is 0.245 e. The number of halogens is 1. The molecule has 0 radical (unpaired) electrons. The van der Waals surface area contributed by atoms with Crippen LogP contribution in [0.25, 0.3) is 0 Å². The van der Waals surface area contributed by atoms with Gasteiger partial charge < -0.3 is 15.5 Å². The number of likely N-dealkylation sites (tertiary alicyclic amines) is 1. The van der Waals surface area contributed by atoms with E-state index in [1.165, 1.54) is 0 Å². The molecule has 2 N–H and O–H groups in total. The van der Waals surface area contributed by atoms with Gasteiger partial charge in [0.05, 0.1) is 6.20 Å². The van der Waals surface area contributed by atoms with Crippen LogP contribution in [0.2, 0.25) is 0 Å². The summed E-state index contributed by atoms with van der Waals surface area (Å²) in [5.41, 5.74) is -0.762. The summed E-state index contributed by atoms with van der Waals surface area (Å²) in [5.74, 6) is 0.508. The average Bonchev–Trinajstić information content (AvgIpc) is 2.96. The molecule has 2 fully saturated rings. The van der Waals surface area contributed by atoms with Crippen LogP contribution in [-0.2, 0) is 16.6 Å². The molecule has 132 valence electrons. The Bertz CT molecular complexity index is 618. The van der Waals surface area contributed by atoms with Crippen LogP contribution in [0.3, 0.4) is 0 Å². The Morgan fingerprint density at radius 3 is 2.50 bits per heavy atom. The lowest BCUT2D eigenvalue weighted by molar-refractivity contribution is -0.143. The van der Waals surface area contributed by atoms with Crippen molar-refractivity contribution in [2.45, 2.75) is 37.4 Å². The molecule has 0 bridgehead atoms. The molecule has 24 heavy (non-hydrogen) atoms. The van der Waals surface area contributed by atoms with Crippen molar-refractivity contribution in [1.29, 1.82) is 0 Å². The van der Waals surface area contributed by atoms with Crippen LogP contribution in [0.4, 0.5) is 10.2 Å². The molecule has 3 rings (SSSR count). The third-order valence-corrected chi connectivity index (χ3v) is 5.21. The minimum atomic E-state index is -0.833. The Hall–Kier alpha value is -2.12. The van der Waals surface area contributed by atoms with E-state index in [2.05, 4.69) is 15.7 Å². The highest BCUT2D eigenvalue weighted by Crippen LogP contribution is 2.34. The van der Waals surface area contributed by atoms with Gasteiger partial charge in [-0.25, -0.2) is 4.39 Å². The first-order chi connectivity index (χ1) is 11.4. The van der Waals surface area contributed by atoms with Gasteiger partial charge in [-0.2, -0.15) is 5.10 Å². The largest absolute Gasteiger partial charge is 0.357 e. The molecule has 1 aliphatic heterocycles. The molecule has 0 spiro atoms. The number of hydrogen-bond acceptors (Lipinski definition) is 4. The number of amides is 2. The van der Waals surface area contributed by atoms with E-state index in [0.717, 1.165) is 5.82 Å². The predicted octanol–water partition coefficient (Wildman–Crippen LogP) is 0.687. The number of piperidine rings is 1. The Kier molecular flexibility index (Phi) is 4.47. The molecule has 1 aromatic rings. The first-order valence-corrected chi connectivity index (χ1v) is 8.36. The van der Waals surface area contributed by atoms with E-state index < -0.39 is 11.7 Å². The maximum atomic E-state index is 13.0. The molecule has 0 aromatic carbocycles. The summed E-state index contributed by atoms with van der Waals surface area (Å²) in [7, 11) is 3.42. The van der Waals surface area contributed by atoms with Crippen LogP contribution < -0.4 is 10.6 Å². The molecule has 0 unspecified atom stereocenters. The molecule has 1 saturated carbocycles. The highest BCUT2D eigenvalue weighted by molar-refractivity contribution is 5.89. The maximum absolute atomic E-state index is 13.0. The fourth-order valence-electron chi connectivity index (χ4n) is 3.51. The first kappa shape index (κ1) is 16.7. The van der Waals surface area contributed by atoms with Gasteiger partial charge >= 0.3 is 0 Å². The first-order valence-electron chi connectivity index (χ1n) is 8.36. The number of nitrogens with one attached hydrogen (secondary N) is 2. The number of nitrogens with zero attached hydrogens (tertiary/aromatic N) is 3. The van der Waals surface area contributed by atoms with Gasteiger partial charge in [0.2, 0.25) is 11.8 Å². The standard InChI is InChI=1S/C16H24FN5O2/c1-18-15(24)16(20-13-3-6-19-21(13)2)4-7-22(8-5-16)14(23)11-9-12(17)10-11/h3,6,11-12,20H,4-5,7-10H2,1-2H3,(H,18,24). The van der Waals surface area contributed by atoms with Gasteiger partial charge in [-0.1, -0.05) is 0 Å². The van der Waals surface area contributed by atoms with Crippen molar-refractivity contribution < 1.29 is 14.0 Å². The summed E-state index contributed by atoms with van der Waals surface area (Å²) < 4.78 is 14.7. The van der Waals surface area contributed by atoms with Crippen molar-refractivity contribution in [2.75, 3.05) is 25.5 Å². The van der Waals surface area contributed by atoms with Gasteiger partial charge in [0, 0.05) is 39.2 Å². The van der Waals surface area contributed by atoms with Gasteiger partial charge in [0.1, 0.15) is 17.5 Å². The zero-order chi connectivity index (χ0) is 17.3. The van der Waals surface area contributed by atoms with E-state index in [1.54, 1.807) is 22.8 Å². The number of likely N-dealkylation sites (N-methyl/N-ethyl adjacent to an activating group) is 1. The Labute approximate surface area is 140 Å². The van der Waals surface area contributed by atoms with Crippen LogP contribution in [0.5, 0.6) is 0 Å². The predicted molar refractivity (Wildman–Crippen MR) is 87.1 cm³/mol. The van der Waals surface area contributed by atoms with Gasteiger partial charge in [0.25, 0.3) is 0 Å². The van der Waals surface area contributed by atoms with E-state index in [4.69, 9.17) is 0 Å². The Morgan fingerprint density at radius 2 is 2.00 bits per heavy atom. The lowest BCUT2D eigenvalue weighted by Crippen LogP contribution is -2.59. The fraction of sp³-hybridized carbons (Fsp3) is 0.688.